The molecule has 68 valence electrons. The van der Waals surface area contributed by atoms with Gasteiger partial charge in [-0.3, -0.25) is 9.59 Å². The van der Waals surface area contributed by atoms with E-state index in [1.165, 1.54) is 0 Å². The maximum atomic E-state index is 11.2. The van der Waals surface area contributed by atoms with Crippen molar-refractivity contribution in [3.63, 3.8) is 0 Å². The number of hydrogen-bond acceptors (Lipinski definition) is 3. The van der Waals surface area contributed by atoms with Gasteiger partial charge in [-0.15, -0.1) is 0 Å². The Balaban J connectivity index is 2.57. The summed E-state index contributed by atoms with van der Waals surface area (Å²) in [4.78, 5) is 22.3. The fraction of sp³-hybridized carbons (Fsp3) is 0.778. The minimum absolute atomic E-state index is 0.153. The smallest absolute Gasteiger partial charge is 0.310 e. The van der Waals surface area contributed by atoms with Gasteiger partial charge in [-0.1, -0.05) is 13.8 Å². The summed E-state index contributed by atoms with van der Waals surface area (Å²) in [7, 11) is 0. The molecule has 3 heteroatoms. The largest absolute Gasteiger partial charge is 0.466 e. The minimum Gasteiger partial charge on any atom is -0.466 e. The van der Waals surface area contributed by atoms with Crippen LogP contribution in [0.3, 0.4) is 0 Å². The molecule has 0 bridgehead atoms. The van der Waals surface area contributed by atoms with Crippen LogP contribution >= 0.6 is 0 Å². The highest BCUT2D eigenvalue weighted by molar-refractivity contribution is 5.99. The number of carbonyl (C=O) groups excluding carboxylic acids is 2. The van der Waals surface area contributed by atoms with E-state index in [1.54, 1.807) is 20.8 Å². The fourth-order valence-electron chi connectivity index (χ4n) is 1.39. The molecule has 1 aliphatic rings. The summed E-state index contributed by atoms with van der Waals surface area (Å²) < 4.78 is 4.84. The molecule has 0 aliphatic heterocycles. The molecule has 0 aromatic heterocycles. The molecule has 0 saturated heterocycles. The van der Waals surface area contributed by atoms with E-state index >= 15 is 0 Å². The summed E-state index contributed by atoms with van der Waals surface area (Å²) in [5, 5.41) is 0. The Kier molecular flexibility index (Phi) is 2.22. The Morgan fingerprint density at radius 2 is 2.25 bits per heavy atom. The Bertz CT molecular complexity index is 218. The van der Waals surface area contributed by atoms with E-state index in [1.807, 2.05) is 0 Å². The second-order valence-corrected chi connectivity index (χ2v) is 3.65. The van der Waals surface area contributed by atoms with E-state index in [2.05, 4.69) is 0 Å². The van der Waals surface area contributed by atoms with Gasteiger partial charge in [0.15, 0.2) is 0 Å². The van der Waals surface area contributed by atoms with Crippen LogP contribution in [-0.4, -0.2) is 18.4 Å². The van der Waals surface area contributed by atoms with Crippen molar-refractivity contribution in [2.75, 3.05) is 6.61 Å². The average Bonchev–Trinajstić information content (AvgIpc) is 2.00. The highest BCUT2D eigenvalue weighted by Gasteiger charge is 2.51. The molecule has 1 unspecified atom stereocenters. The van der Waals surface area contributed by atoms with E-state index in [0.29, 0.717) is 13.0 Å². The summed E-state index contributed by atoms with van der Waals surface area (Å²) in [5.74, 6) is -0.299. The van der Waals surface area contributed by atoms with Gasteiger partial charge in [0.05, 0.1) is 12.5 Å². The van der Waals surface area contributed by atoms with Gasteiger partial charge >= 0.3 is 5.97 Å². The zero-order chi connectivity index (χ0) is 9.35. The van der Waals surface area contributed by atoms with E-state index < -0.39 is 5.41 Å². The number of ether oxygens (including phenoxy) is 1. The Morgan fingerprint density at radius 3 is 2.58 bits per heavy atom. The average molecular weight is 170 g/mol. The molecule has 0 N–H and O–H groups in total. The number of hydrogen-bond donors (Lipinski definition) is 0. The Labute approximate surface area is 72.1 Å². The van der Waals surface area contributed by atoms with Crippen LogP contribution in [-0.2, 0) is 14.3 Å². The molecule has 0 heterocycles. The predicted octanol–water partition coefficient (Wildman–Crippen LogP) is 1.16. The molecule has 0 aromatic rings. The SMILES string of the molecule is CCOC(=O)C1CC(=O)C1(C)C. The molecule has 0 aromatic carbocycles. The van der Waals surface area contributed by atoms with E-state index in [-0.39, 0.29) is 17.7 Å². The zero-order valence-electron chi connectivity index (χ0n) is 7.72. The molecular weight excluding hydrogens is 156 g/mol. The minimum atomic E-state index is -0.494. The zero-order valence-corrected chi connectivity index (χ0v) is 7.72. The normalized spacial score (nSPS) is 26.2. The van der Waals surface area contributed by atoms with Gasteiger partial charge in [-0.2, -0.15) is 0 Å². The lowest BCUT2D eigenvalue weighted by atomic mass is 9.61. The molecule has 12 heavy (non-hydrogen) atoms. The lowest BCUT2D eigenvalue weighted by Crippen LogP contribution is -2.49. The van der Waals surface area contributed by atoms with Gasteiger partial charge < -0.3 is 4.74 Å². The third-order valence-electron chi connectivity index (χ3n) is 2.55. The molecular formula is C9H14O3. The topological polar surface area (TPSA) is 43.4 Å². The predicted molar refractivity (Wildman–Crippen MR) is 43.5 cm³/mol. The van der Waals surface area contributed by atoms with E-state index in [0.717, 1.165) is 0 Å². The van der Waals surface area contributed by atoms with Crippen LogP contribution in [0, 0.1) is 11.3 Å². The second-order valence-electron chi connectivity index (χ2n) is 3.65. The van der Waals surface area contributed by atoms with Gasteiger partial charge in [0.1, 0.15) is 5.78 Å². The first-order valence-corrected chi connectivity index (χ1v) is 4.20. The summed E-state index contributed by atoms with van der Waals surface area (Å²) in [6.07, 6.45) is 0.353. The molecule has 1 fully saturated rings. The summed E-state index contributed by atoms with van der Waals surface area (Å²) in [6.45, 7) is 5.74. The third kappa shape index (κ3) is 1.24. The molecule has 1 saturated carbocycles. The molecule has 0 radical (unpaired) electrons. The van der Waals surface area contributed by atoms with Gasteiger partial charge in [0.25, 0.3) is 0 Å². The fourth-order valence-corrected chi connectivity index (χ4v) is 1.39. The number of ketones is 1. The van der Waals surface area contributed by atoms with Gasteiger partial charge in [-0.05, 0) is 6.92 Å². The first kappa shape index (κ1) is 9.23. The summed E-state index contributed by atoms with van der Waals surface area (Å²) in [5.41, 5.74) is -0.494. The lowest BCUT2D eigenvalue weighted by molar-refractivity contribution is -0.166. The molecule has 1 rings (SSSR count). The summed E-state index contributed by atoms with van der Waals surface area (Å²) >= 11 is 0. The van der Waals surface area contributed by atoms with Gasteiger partial charge in [0, 0.05) is 11.8 Å². The van der Waals surface area contributed by atoms with Crippen molar-refractivity contribution in [1.82, 2.24) is 0 Å². The van der Waals surface area contributed by atoms with E-state index in [9.17, 15) is 9.59 Å². The molecule has 0 spiro atoms. The molecule has 3 nitrogen and oxygen atoms in total. The van der Waals surface area contributed by atoms with Crippen LogP contribution in [0.1, 0.15) is 27.2 Å². The van der Waals surface area contributed by atoms with Crippen molar-refractivity contribution in [3.8, 4) is 0 Å². The highest BCUT2D eigenvalue weighted by Crippen LogP contribution is 2.43. The van der Waals surface area contributed by atoms with Crippen LogP contribution in [0.2, 0.25) is 0 Å². The molecule has 0 amide bonds. The third-order valence-corrected chi connectivity index (χ3v) is 2.55. The first-order valence-electron chi connectivity index (χ1n) is 4.20. The Morgan fingerprint density at radius 1 is 1.67 bits per heavy atom. The monoisotopic (exact) mass is 170 g/mol. The number of carbonyl (C=O) groups is 2. The van der Waals surface area contributed by atoms with Crippen molar-refractivity contribution in [1.29, 1.82) is 0 Å². The van der Waals surface area contributed by atoms with Crippen molar-refractivity contribution < 1.29 is 14.3 Å². The number of Topliss-reactive ketones (excluding diaryl/α,β-unsaturated/α-hetero) is 1. The lowest BCUT2D eigenvalue weighted by Gasteiger charge is -2.40. The quantitative estimate of drug-likeness (QED) is 0.584. The molecule has 1 aliphatic carbocycles. The van der Waals surface area contributed by atoms with Crippen LogP contribution in [0.25, 0.3) is 0 Å². The van der Waals surface area contributed by atoms with Crippen molar-refractivity contribution >= 4 is 11.8 Å². The van der Waals surface area contributed by atoms with Crippen molar-refractivity contribution in [3.05, 3.63) is 0 Å². The molecule has 1 atom stereocenters. The standard InChI is InChI=1S/C9H14O3/c1-4-12-8(11)6-5-7(10)9(6,2)3/h6H,4-5H2,1-3H3. The first-order chi connectivity index (χ1) is 5.50. The van der Waals surface area contributed by atoms with Crippen LogP contribution in [0.15, 0.2) is 0 Å². The van der Waals surface area contributed by atoms with Crippen LogP contribution < -0.4 is 0 Å². The van der Waals surface area contributed by atoms with Gasteiger partial charge in [-0.25, -0.2) is 0 Å². The van der Waals surface area contributed by atoms with Crippen molar-refractivity contribution in [2.45, 2.75) is 27.2 Å². The van der Waals surface area contributed by atoms with Crippen LogP contribution in [0.5, 0.6) is 0 Å². The van der Waals surface area contributed by atoms with E-state index in [4.69, 9.17) is 4.74 Å². The number of esters is 1. The highest BCUT2D eigenvalue weighted by atomic mass is 16.5. The Hall–Kier alpha value is -0.860. The maximum Gasteiger partial charge on any atom is 0.310 e. The maximum absolute atomic E-state index is 11.2. The van der Waals surface area contributed by atoms with Crippen molar-refractivity contribution in [2.24, 2.45) is 11.3 Å². The second kappa shape index (κ2) is 2.88. The van der Waals surface area contributed by atoms with Crippen LogP contribution in [0.4, 0.5) is 0 Å². The summed E-state index contributed by atoms with van der Waals surface area (Å²) in [6, 6.07) is 0. The number of rotatable bonds is 2. The van der Waals surface area contributed by atoms with Gasteiger partial charge in [0.2, 0.25) is 0 Å².